The van der Waals surface area contributed by atoms with Crippen LogP contribution in [0, 0.1) is 5.41 Å². The van der Waals surface area contributed by atoms with Crippen LogP contribution < -0.4 is 0 Å². The summed E-state index contributed by atoms with van der Waals surface area (Å²) < 4.78 is 1.21. The van der Waals surface area contributed by atoms with Crippen molar-refractivity contribution in [3.05, 3.63) is 11.6 Å². The highest BCUT2D eigenvalue weighted by Gasteiger charge is 2.41. The molecule has 0 saturated heterocycles. The average molecular weight is 264 g/mol. The van der Waals surface area contributed by atoms with Crippen molar-refractivity contribution in [3.8, 4) is 0 Å². The summed E-state index contributed by atoms with van der Waals surface area (Å²) in [4.78, 5) is 4.25. The van der Waals surface area contributed by atoms with Crippen LogP contribution in [-0.2, 0) is 0 Å². The molecule has 1 aliphatic rings. The van der Waals surface area contributed by atoms with Crippen molar-refractivity contribution < 1.29 is 0 Å². The number of nitrogens with zero attached hydrogens (tertiary/aromatic N) is 1. The maximum atomic E-state index is 4.25. The van der Waals surface area contributed by atoms with Crippen molar-refractivity contribution in [1.82, 2.24) is 4.98 Å². The van der Waals surface area contributed by atoms with E-state index in [1.165, 1.54) is 22.9 Å². The van der Waals surface area contributed by atoms with Gasteiger partial charge < -0.3 is 0 Å². The van der Waals surface area contributed by atoms with E-state index in [-0.39, 0.29) is 0 Å². The molecule has 1 saturated carbocycles. The van der Waals surface area contributed by atoms with Gasteiger partial charge in [0, 0.05) is 22.7 Å². The molecule has 0 aromatic carbocycles. The minimum atomic E-state index is 0.607. The normalized spacial score (nSPS) is 19.4. The lowest BCUT2D eigenvalue weighted by molar-refractivity contribution is 0.686. The Hall–Kier alpha value is 0.460. The largest absolute Gasteiger partial charge is 0.238 e. The van der Waals surface area contributed by atoms with Crippen LogP contribution in [0.4, 0.5) is 0 Å². The molecule has 0 aliphatic heterocycles. The molecule has 0 radical (unpaired) electrons. The summed E-state index contributed by atoms with van der Waals surface area (Å²) >= 11 is 7.20. The highest BCUT2D eigenvalue weighted by molar-refractivity contribution is 9.09. The molecule has 0 unspecified atom stereocenters. The molecule has 0 bridgehead atoms. The van der Waals surface area contributed by atoms with E-state index in [1.807, 2.05) is 23.3 Å². The van der Waals surface area contributed by atoms with Gasteiger partial charge >= 0.3 is 0 Å². The van der Waals surface area contributed by atoms with Crippen LogP contribution in [0.15, 0.2) is 15.9 Å². The van der Waals surface area contributed by atoms with Crippen molar-refractivity contribution >= 4 is 39.0 Å². The van der Waals surface area contributed by atoms with Crippen molar-refractivity contribution in [2.75, 3.05) is 11.1 Å². The zero-order chi connectivity index (χ0) is 8.44. The van der Waals surface area contributed by atoms with Gasteiger partial charge in [0.15, 0.2) is 0 Å². The minimum Gasteiger partial charge on any atom is -0.238 e. The molecule has 1 nitrogen and oxygen atoms in total. The molecule has 2 rings (SSSR count). The Morgan fingerprint density at radius 1 is 1.67 bits per heavy atom. The van der Waals surface area contributed by atoms with Crippen LogP contribution in [0.25, 0.3) is 0 Å². The van der Waals surface area contributed by atoms with Crippen LogP contribution in [0.5, 0.6) is 0 Å². The number of halogens is 1. The number of thiazole rings is 1. The van der Waals surface area contributed by atoms with Gasteiger partial charge in [-0.25, -0.2) is 4.98 Å². The number of thioether (sulfide) groups is 1. The van der Waals surface area contributed by atoms with E-state index in [0.29, 0.717) is 5.41 Å². The van der Waals surface area contributed by atoms with E-state index in [4.69, 9.17) is 0 Å². The van der Waals surface area contributed by atoms with Gasteiger partial charge in [-0.1, -0.05) is 27.7 Å². The monoisotopic (exact) mass is 263 g/mol. The third-order valence-corrected chi connectivity index (χ3v) is 5.66. The second-order valence-corrected chi connectivity index (χ2v) is 5.90. The fourth-order valence-electron chi connectivity index (χ4n) is 0.990. The summed E-state index contributed by atoms with van der Waals surface area (Å²) in [6.07, 6.45) is 4.65. The van der Waals surface area contributed by atoms with Gasteiger partial charge in [0.2, 0.25) is 0 Å². The summed E-state index contributed by atoms with van der Waals surface area (Å²) in [5.41, 5.74) is 0.607. The summed E-state index contributed by atoms with van der Waals surface area (Å²) in [5, 5.41) is 3.19. The third-order valence-electron chi connectivity index (χ3n) is 2.15. The van der Waals surface area contributed by atoms with E-state index in [9.17, 15) is 0 Å². The van der Waals surface area contributed by atoms with Crippen LogP contribution in [0.3, 0.4) is 0 Å². The molecular formula is C8H10BrNS2. The molecule has 1 aromatic heterocycles. The van der Waals surface area contributed by atoms with Crippen LogP contribution in [-0.4, -0.2) is 16.1 Å². The van der Waals surface area contributed by atoms with E-state index >= 15 is 0 Å². The Kier molecular flexibility index (Phi) is 2.77. The minimum absolute atomic E-state index is 0.607. The Balaban J connectivity index is 1.83. The molecule has 4 heteroatoms. The van der Waals surface area contributed by atoms with Gasteiger partial charge in [-0.2, -0.15) is 0 Å². The first-order chi connectivity index (χ1) is 5.85. The van der Waals surface area contributed by atoms with Gasteiger partial charge in [-0.15, -0.1) is 11.3 Å². The molecule has 0 spiro atoms. The van der Waals surface area contributed by atoms with Gasteiger partial charge in [0.1, 0.15) is 4.34 Å². The second kappa shape index (κ2) is 3.68. The number of hydrogen-bond donors (Lipinski definition) is 0. The van der Waals surface area contributed by atoms with E-state index in [2.05, 4.69) is 20.9 Å². The smallest absolute Gasteiger partial charge is 0.149 e. The van der Waals surface area contributed by atoms with Crippen molar-refractivity contribution in [2.45, 2.75) is 17.2 Å². The summed E-state index contributed by atoms with van der Waals surface area (Å²) in [7, 11) is 0. The van der Waals surface area contributed by atoms with Gasteiger partial charge in [0.05, 0.1) is 0 Å². The van der Waals surface area contributed by atoms with Gasteiger partial charge in [0.25, 0.3) is 0 Å². The van der Waals surface area contributed by atoms with Gasteiger partial charge in [-0.05, 0) is 18.3 Å². The average Bonchev–Trinajstić information content (AvgIpc) is 2.70. The van der Waals surface area contributed by atoms with E-state index in [0.717, 1.165) is 5.33 Å². The number of aromatic nitrogens is 1. The van der Waals surface area contributed by atoms with Crippen LogP contribution in [0.1, 0.15) is 12.8 Å². The molecule has 0 N–H and O–H groups in total. The maximum Gasteiger partial charge on any atom is 0.149 e. The first-order valence-electron chi connectivity index (χ1n) is 3.93. The Labute approximate surface area is 89.1 Å². The van der Waals surface area contributed by atoms with Crippen molar-refractivity contribution in [3.63, 3.8) is 0 Å². The van der Waals surface area contributed by atoms with Gasteiger partial charge in [-0.3, -0.25) is 0 Å². The fourth-order valence-corrected chi connectivity index (χ4v) is 3.94. The SMILES string of the molecule is BrCC1(CSc2nccs2)CC1. The maximum absolute atomic E-state index is 4.25. The zero-order valence-electron chi connectivity index (χ0n) is 6.62. The summed E-state index contributed by atoms with van der Waals surface area (Å²) in [6, 6.07) is 0. The van der Waals surface area contributed by atoms with Crippen LogP contribution >= 0.6 is 39.0 Å². The molecule has 1 fully saturated rings. The van der Waals surface area contributed by atoms with E-state index in [1.54, 1.807) is 11.3 Å². The number of hydrogen-bond acceptors (Lipinski definition) is 3. The second-order valence-electron chi connectivity index (χ2n) is 3.22. The van der Waals surface area contributed by atoms with Crippen molar-refractivity contribution in [1.29, 1.82) is 0 Å². The van der Waals surface area contributed by atoms with E-state index < -0.39 is 0 Å². The Bertz CT molecular complexity index is 244. The zero-order valence-corrected chi connectivity index (χ0v) is 9.84. The number of rotatable bonds is 4. The molecule has 0 amide bonds. The lowest BCUT2D eigenvalue weighted by Crippen LogP contribution is -2.04. The molecule has 1 aliphatic carbocycles. The topological polar surface area (TPSA) is 12.9 Å². The fraction of sp³-hybridized carbons (Fsp3) is 0.625. The highest BCUT2D eigenvalue weighted by Crippen LogP contribution is 2.50. The molecule has 1 heterocycles. The quantitative estimate of drug-likeness (QED) is 0.610. The molecule has 1 aromatic rings. The third kappa shape index (κ3) is 2.03. The molecule has 12 heavy (non-hydrogen) atoms. The molecular weight excluding hydrogens is 254 g/mol. The standard InChI is InChI=1S/C8H10BrNS2/c9-5-8(1-2-8)6-12-7-10-3-4-11-7/h3-4H,1-2,5-6H2. The predicted octanol–water partition coefficient (Wildman–Crippen LogP) is 3.41. The molecule has 0 atom stereocenters. The lowest BCUT2D eigenvalue weighted by Gasteiger charge is -2.07. The summed E-state index contributed by atoms with van der Waals surface area (Å²) in [5.74, 6) is 1.23. The van der Waals surface area contributed by atoms with Crippen molar-refractivity contribution in [2.24, 2.45) is 5.41 Å². The number of alkyl halides is 1. The lowest BCUT2D eigenvalue weighted by atomic mass is 10.2. The van der Waals surface area contributed by atoms with Crippen LogP contribution in [0.2, 0.25) is 0 Å². The first kappa shape index (κ1) is 9.03. The Morgan fingerprint density at radius 3 is 3.00 bits per heavy atom. The highest BCUT2D eigenvalue weighted by atomic mass is 79.9. The molecule has 66 valence electrons. The predicted molar refractivity (Wildman–Crippen MR) is 58.3 cm³/mol. The summed E-state index contributed by atoms with van der Waals surface area (Å²) in [6.45, 7) is 0. The first-order valence-corrected chi connectivity index (χ1v) is 6.92. The Morgan fingerprint density at radius 2 is 2.50 bits per heavy atom.